The fourth-order valence-electron chi connectivity index (χ4n) is 2.78. The minimum Gasteiger partial charge on any atom is -0.256 e. The van der Waals surface area contributed by atoms with E-state index in [0.717, 1.165) is 22.3 Å². The lowest BCUT2D eigenvalue weighted by atomic mass is 9.97. The maximum atomic E-state index is 4.63. The zero-order valence-corrected chi connectivity index (χ0v) is 12.3. The molecule has 0 aliphatic rings. The summed E-state index contributed by atoms with van der Waals surface area (Å²) in [6.45, 7) is 2.12. The van der Waals surface area contributed by atoms with Crippen molar-refractivity contribution in [3.05, 3.63) is 78.8 Å². The highest BCUT2D eigenvalue weighted by molar-refractivity contribution is 5.83. The van der Waals surface area contributed by atoms with Crippen molar-refractivity contribution in [1.29, 1.82) is 0 Å². The third kappa shape index (κ3) is 2.07. The molecule has 0 radical (unpaired) electrons. The molecule has 4 aromatic rings. The first-order valence-electron chi connectivity index (χ1n) is 7.28. The SMILES string of the molecule is Cc1ccccc1-c1ncccc1-c1ccn2nccc2c1. The third-order valence-electron chi connectivity index (χ3n) is 3.92. The predicted molar refractivity (Wildman–Crippen MR) is 88.6 cm³/mol. The summed E-state index contributed by atoms with van der Waals surface area (Å²) in [6, 6.07) is 18.7. The van der Waals surface area contributed by atoms with Crippen LogP contribution in [0.2, 0.25) is 0 Å². The molecular formula is C19H15N3. The zero-order valence-electron chi connectivity index (χ0n) is 12.3. The summed E-state index contributed by atoms with van der Waals surface area (Å²) >= 11 is 0. The molecule has 3 aromatic heterocycles. The van der Waals surface area contributed by atoms with Crippen molar-refractivity contribution in [2.45, 2.75) is 6.92 Å². The van der Waals surface area contributed by atoms with Gasteiger partial charge in [0.25, 0.3) is 0 Å². The molecule has 106 valence electrons. The molecule has 22 heavy (non-hydrogen) atoms. The molecule has 3 heteroatoms. The van der Waals surface area contributed by atoms with Crippen molar-refractivity contribution < 1.29 is 0 Å². The quantitative estimate of drug-likeness (QED) is 0.547. The second-order valence-corrected chi connectivity index (χ2v) is 5.33. The molecule has 0 bridgehead atoms. The number of fused-ring (bicyclic) bond motifs is 1. The van der Waals surface area contributed by atoms with Crippen molar-refractivity contribution in [3.8, 4) is 22.4 Å². The summed E-state index contributed by atoms with van der Waals surface area (Å²) in [5.41, 5.74) is 6.79. The Hall–Kier alpha value is -2.94. The van der Waals surface area contributed by atoms with Gasteiger partial charge in [-0.25, -0.2) is 4.52 Å². The molecule has 0 aliphatic heterocycles. The van der Waals surface area contributed by atoms with E-state index < -0.39 is 0 Å². The van der Waals surface area contributed by atoms with Gasteiger partial charge in [-0.15, -0.1) is 0 Å². The second kappa shape index (κ2) is 5.11. The van der Waals surface area contributed by atoms with Crippen LogP contribution >= 0.6 is 0 Å². The van der Waals surface area contributed by atoms with Crippen molar-refractivity contribution in [1.82, 2.24) is 14.6 Å². The number of benzene rings is 1. The number of pyridine rings is 2. The second-order valence-electron chi connectivity index (χ2n) is 5.33. The van der Waals surface area contributed by atoms with Crippen LogP contribution in [0, 0.1) is 6.92 Å². The lowest BCUT2D eigenvalue weighted by molar-refractivity contribution is 0.962. The minimum absolute atomic E-state index is 1.02. The molecule has 0 atom stereocenters. The molecule has 0 spiro atoms. The van der Waals surface area contributed by atoms with Crippen LogP contribution in [0.15, 0.2) is 73.2 Å². The maximum absolute atomic E-state index is 4.63. The van der Waals surface area contributed by atoms with E-state index in [4.69, 9.17) is 0 Å². The Balaban J connectivity index is 1.94. The normalized spacial score (nSPS) is 11.0. The van der Waals surface area contributed by atoms with Gasteiger partial charge in [-0.3, -0.25) is 4.98 Å². The Labute approximate surface area is 128 Å². The predicted octanol–water partition coefficient (Wildman–Crippen LogP) is 4.37. The Bertz CT molecular complexity index is 953. The monoisotopic (exact) mass is 285 g/mol. The van der Waals surface area contributed by atoms with E-state index in [2.05, 4.69) is 59.5 Å². The van der Waals surface area contributed by atoms with Gasteiger partial charge in [0.2, 0.25) is 0 Å². The average molecular weight is 285 g/mol. The molecule has 3 nitrogen and oxygen atoms in total. The van der Waals surface area contributed by atoms with E-state index in [9.17, 15) is 0 Å². The largest absolute Gasteiger partial charge is 0.256 e. The van der Waals surface area contributed by atoms with E-state index in [0.29, 0.717) is 0 Å². The molecular weight excluding hydrogens is 270 g/mol. The lowest BCUT2D eigenvalue weighted by Crippen LogP contribution is -1.92. The molecule has 0 aliphatic carbocycles. The highest BCUT2D eigenvalue weighted by atomic mass is 15.2. The van der Waals surface area contributed by atoms with Crippen LogP contribution in [0.4, 0.5) is 0 Å². The summed E-state index contributed by atoms with van der Waals surface area (Å²) < 4.78 is 1.87. The molecule has 1 aromatic carbocycles. The molecule has 0 saturated carbocycles. The van der Waals surface area contributed by atoms with Crippen LogP contribution in [-0.2, 0) is 0 Å². The van der Waals surface area contributed by atoms with Gasteiger partial charge in [-0.05, 0) is 42.3 Å². The number of aromatic nitrogens is 3. The highest BCUT2D eigenvalue weighted by Gasteiger charge is 2.10. The summed E-state index contributed by atoms with van der Waals surface area (Å²) in [5.74, 6) is 0. The summed E-state index contributed by atoms with van der Waals surface area (Å²) in [4.78, 5) is 4.63. The van der Waals surface area contributed by atoms with Crippen molar-refractivity contribution in [3.63, 3.8) is 0 Å². The number of rotatable bonds is 2. The first-order chi connectivity index (χ1) is 10.8. The lowest BCUT2D eigenvalue weighted by Gasteiger charge is -2.11. The van der Waals surface area contributed by atoms with E-state index >= 15 is 0 Å². The van der Waals surface area contributed by atoms with E-state index in [-0.39, 0.29) is 0 Å². The van der Waals surface area contributed by atoms with Gasteiger partial charge in [-0.1, -0.05) is 30.3 Å². The van der Waals surface area contributed by atoms with Crippen LogP contribution < -0.4 is 0 Å². The summed E-state index contributed by atoms with van der Waals surface area (Å²) in [5, 5.41) is 4.25. The van der Waals surface area contributed by atoms with Crippen LogP contribution in [0.1, 0.15) is 5.56 Å². The zero-order chi connectivity index (χ0) is 14.9. The van der Waals surface area contributed by atoms with Gasteiger partial charge in [0, 0.05) is 29.7 Å². The van der Waals surface area contributed by atoms with E-state index in [1.807, 2.05) is 35.2 Å². The van der Waals surface area contributed by atoms with Crippen LogP contribution in [0.3, 0.4) is 0 Å². The van der Waals surface area contributed by atoms with E-state index in [1.54, 1.807) is 0 Å². The Morgan fingerprint density at radius 3 is 2.64 bits per heavy atom. The number of aryl methyl sites for hydroxylation is 1. The van der Waals surface area contributed by atoms with E-state index in [1.165, 1.54) is 11.1 Å². The highest BCUT2D eigenvalue weighted by Crippen LogP contribution is 2.32. The van der Waals surface area contributed by atoms with Crippen LogP contribution in [0.5, 0.6) is 0 Å². The van der Waals surface area contributed by atoms with Gasteiger partial charge in [0.05, 0.1) is 11.2 Å². The summed E-state index contributed by atoms with van der Waals surface area (Å²) in [6.07, 6.45) is 5.65. The fraction of sp³-hybridized carbons (Fsp3) is 0.0526. The molecule has 0 N–H and O–H groups in total. The molecule has 3 heterocycles. The van der Waals surface area contributed by atoms with Gasteiger partial charge < -0.3 is 0 Å². The topological polar surface area (TPSA) is 30.2 Å². The average Bonchev–Trinajstić information content (AvgIpc) is 3.03. The number of hydrogen-bond acceptors (Lipinski definition) is 2. The summed E-state index contributed by atoms with van der Waals surface area (Å²) in [7, 11) is 0. The molecule has 0 amide bonds. The Morgan fingerprint density at radius 1 is 0.864 bits per heavy atom. The maximum Gasteiger partial charge on any atom is 0.0782 e. The van der Waals surface area contributed by atoms with Crippen molar-refractivity contribution >= 4 is 5.52 Å². The molecule has 0 saturated heterocycles. The van der Waals surface area contributed by atoms with Gasteiger partial charge in [0.1, 0.15) is 0 Å². The molecule has 0 fully saturated rings. The van der Waals surface area contributed by atoms with Crippen LogP contribution in [0.25, 0.3) is 27.9 Å². The van der Waals surface area contributed by atoms with Crippen LogP contribution in [-0.4, -0.2) is 14.6 Å². The Kier molecular flexibility index (Phi) is 2.97. The van der Waals surface area contributed by atoms with Gasteiger partial charge >= 0.3 is 0 Å². The standard InChI is InChI=1S/C19H15N3/c1-14-5-2-3-6-17(14)19-18(7-4-10-20-19)15-9-12-22-16(13-15)8-11-21-22/h2-13H,1H3. The first kappa shape index (κ1) is 12.8. The molecule has 0 unspecified atom stereocenters. The van der Waals surface area contributed by atoms with Crippen molar-refractivity contribution in [2.24, 2.45) is 0 Å². The minimum atomic E-state index is 1.02. The molecule has 4 rings (SSSR count). The fourth-order valence-corrected chi connectivity index (χ4v) is 2.78. The van der Waals surface area contributed by atoms with Crippen molar-refractivity contribution in [2.75, 3.05) is 0 Å². The number of hydrogen-bond donors (Lipinski definition) is 0. The third-order valence-corrected chi connectivity index (χ3v) is 3.92. The Morgan fingerprint density at radius 2 is 1.73 bits per heavy atom. The smallest absolute Gasteiger partial charge is 0.0782 e. The van der Waals surface area contributed by atoms with Gasteiger partial charge in [-0.2, -0.15) is 5.10 Å². The first-order valence-corrected chi connectivity index (χ1v) is 7.28. The number of nitrogens with zero attached hydrogens (tertiary/aromatic N) is 3. The van der Waals surface area contributed by atoms with Gasteiger partial charge in [0.15, 0.2) is 0 Å².